The third kappa shape index (κ3) is 3.31. The van der Waals surface area contributed by atoms with Gasteiger partial charge < -0.3 is 10.6 Å². The second-order valence-corrected chi connectivity index (χ2v) is 5.57. The van der Waals surface area contributed by atoms with E-state index in [4.69, 9.17) is 5.73 Å². The molecule has 0 aromatic heterocycles. The van der Waals surface area contributed by atoms with Crippen molar-refractivity contribution in [3.05, 3.63) is 71.8 Å². The average Bonchev–Trinajstić information content (AvgIpc) is 3.38. The van der Waals surface area contributed by atoms with Gasteiger partial charge in [-0.15, -0.1) is 0 Å². The molecule has 1 fully saturated rings. The molecule has 3 nitrogen and oxygen atoms in total. The summed E-state index contributed by atoms with van der Waals surface area (Å²) in [5.41, 5.74) is 8.19. The fourth-order valence-electron chi connectivity index (χ4n) is 2.53. The van der Waals surface area contributed by atoms with E-state index in [2.05, 4.69) is 12.1 Å². The Morgan fingerprint density at radius 2 is 1.62 bits per heavy atom. The third-order valence-electron chi connectivity index (χ3n) is 3.89. The molecule has 3 rings (SSSR count). The molecule has 1 atom stereocenters. The fraction of sp³-hybridized carbons (Fsp3) is 0.278. The van der Waals surface area contributed by atoms with E-state index in [1.165, 1.54) is 0 Å². The van der Waals surface area contributed by atoms with Gasteiger partial charge in [-0.2, -0.15) is 0 Å². The van der Waals surface area contributed by atoms with E-state index in [0.29, 0.717) is 12.6 Å². The molecule has 0 aliphatic heterocycles. The van der Waals surface area contributed by atoms with Crippen LogP contribution in [-0.2, 0) is 11.3 Å². The van der Waals surface area contributed by atoms with Crippen LogP contribution in [0.1, 0.15) is 30.0 Å². The van der Waals surface area contributed by atoms with Gasteiger partial charge in [0.2, 0.25) is 5.91 Å². The average molecular weight is 280 g/mol. The van der Waals surface area contributed by atoms with Crippen LogP contribution >= 0.6 is 0 Å². The summed E-state index contributed by atoms with van der Waals surface area (Å²) < 4.78 is 0. The summed E-state index contributed by atoms with van der Waals surface area (Å²) in [5.74, 6) is 0.0209. The lowest BCUT2D eigenvalue weighted by Gasteiger charge is -2.26. The topological polar surface area (TPSA) is 46.3 Å². The molecular weight excluding hydrogens is 260 g/mol. The van der Waals surface area contributed by atoms with Crippen molar-refractivity contribution >= 4 is 5.91 Å². The van der Waals surface area contributed by atoms with Crippen molar-refractivity contribution in [2.45, 2.75) is 31.5 Å². The Hall–Kier alpha value is -2.13. The number of amides is 1. The number of nitrogens with zero attached hydrogens (tertiary/aromatic N) is 1. The van der Waals surface area contributed by atoms with Gasteiger partial charge in [0.15, 0.2) is 0 Å². The van der Waals surface area contributed by atoms with Gasteiger partial charge in [0, 0.05) is 12.6 Å². The van der Waals surface area contributed by atoms with Crippen LogP contribution in [0.5, 0.6) is 0 Å². The normalized spacial score (nSPS) is 15.5. The lowest BCUT2D eigenvalue weighted by molar-refractivity contribution is -0.134. The quantitative estimate of drug-likeness (QED) is 0.915. The van der Waals surface area contributed by atoms with Crippen molar-refractivity contribution < 1.29 is 4.79 Å². The van der Waals surface area contributed by atoms with Gasteiger partial charge >= 0.3 is 0 Å². The summed E-state index contributed by atoms with van der Waals surface area (Å²) in [6.45, 7) is 0.644. The summed E-state index contributed by atoms with van der Waals surface area (Å²) in [6.07, 6.45) is 2.17. The highest BCUT2D eigenvalue weighted by molar-refractivity contribution is 5.83. The molecule has 3 heteroatoms. The number of nitrogens with two attached hydrogens (primary N) is 1. The molecule has 1 saturated carbocycles. The van der Waals surface area contributed by atoms with Gasteiger partial charge in [-0.25, -0.2) is 0 Å². The minimum atomic E-state index is -0.574. The van der Waals surface area contributed by atoms with Crippen LogP contribution in [0, 0.1) is 0 Å². The monoisotopic (exact) mass is 280 g/mol. The van der Waals surface area contributed by atoms with E-state index in [0.717, 1.165) is 24.0 Å². The second kappa shape index (κ2) is 6.10. The van der Waals surface area contributed by atoms with Crippen LogP contribution in [0.15, 0.2) is 60.7 Å². The number of carbonyl (C=O) groups is 1. The molecule has 2 N–H and O–H groups in total. The number of hydrogen-bond acceptors (Lipinski definition) is 2. The van der Waals surface area contributed by atoms with E-state index in [1.54, 1.807) is 0 Å². The zero-order valence-corrected chi connectivity index (χ0v) is 12.0. The van der Waals surface area contributed by atoms with Crippen LogP contribution in [-0.4, -0.2) is 16.8 Å². The minimum Gasteiger partial charge on any atom is -0.334 e. The molecule has 108 valence electrons. The standard InChI is InChI=1S/C18H20N2O/c19-17(15-9-5-2-6-10-15)18(21)20(16-11-12-16)13-14-7-3-1-4-8-14/h1-10,16-17H,11-13,19H2/t17-/m0/s1. The summed E-state index contributed by atoms with van der Waals surface area (Å²) in [6, 6.07) is 19.5. The van der Waals surface area contributed by atoms with Gasteiger partial charge in [-0.1, -0.05) is 60.7 Å². The van der Waals surface area contributed by atoms with Crippen molar-refractivity contribution in [1.29, 1.82) is 0 Å². The molecule has 1 aliphatic carbocycles. The number of carbonyl (C=O) groups excluding carboxylic acids is 1. The number of benzene rings is 2. The van der Waals surface area contributed by atoms with Gasteiger partial charge in [-0.3, -0.25) is 4.79 Å². The number of rotatable bonds is 5. The number of hydrogen-bond donors (Lipinski definition) is 1. The zero-order chi connectivity index (χ0) is 14.7. The Morgan fingerprint density at radius 1 is 1.05 bits per heavy atom. The van der Waals surface area contributed by atoms with Crippen LogP contribution < -0.4 is 5.73 Å². The SMILES string of the molecule is N[C@H](C(=O)N(Cc1ccccc1)C1CC1)c1ccccc1. The molecule has 0 unspecified atom stereocenters. The Bertz CT molecular complexity index is 593. The minimum absolute atomic E-state index is 0.0209. The van der Waals surface area contributed by atoms with Gasteiger partial charge in [0.1, 0.15) is 6.04 Å². The predicted molar refractivity (Wildman–Crippen MR) is 83.4 cm³/mol. The lowest BCUT2D eigenvalue weighted by Crippen LogP contribution is -2.39. The smallest absolute Gasteiger partial charge is 0.244 e. The lowest BCUT2D eigenvalue weighted by atomic mass is 10.1. The largest absolute Gasteiger partial charge is 0.334 e. The summed E-state index contributed by atoms with van der Waals surface area (Å²) >= 11 is 0. The first-order chi connectivity index (χ1) is 10.3. The van der Waals surface area contributed by atoms with Crippen molar-refractivity contribution in [3.63, 3.8) is 0 Å². The van der Waals surface area contributed by atoms with Crippen molar-refractivity contribution in [3.8, 4) is 0 Å². The van der Waals surface area contributed by atoms with Crippen LogP contribution in [0.25, 0.3) is 0 Å². The first kappa shape index (κ1) is 13.8. The van der Waals surface area contributed by atoms with Crippen molar-refractivity contribution in [2.24, 2.45) is 5.73 Å². The predicted octanol–water partition coefficient (Wildman–Crippen LogP) is 2.88. The van der Waals surface area contributed by atoms with E-state index in [9.17, 15) is 4.79 Å². The fourth-order valence-corrected chi connectivity index (χ4v) is 2.53. The van der Waals surface area contributed by atoms with Gasteiger partial charge in [0.05, 0.1) is 0 Å². The Morgan fingerprint density at radius 3 is 2.19 bits per heavy atom. The summed E-state index contributed by atoms with van der Waals surface area (Å²) in [5, 5.41) is 0. The molecule has 2 aromatic carbocycles. The molecular formula is C18H20N2O. The highest BCUT2D eigenvalue weighted by Crippen LogP contribution is 2.30. The van der Waals surface area contributed by atoms with E-state index in [-0.39, 0.29) is 5.91 Å². The zero-order valence-electron chi connectivity index (χ0n) is 12.0. The molecule has 0 spiro atoms. The first-order valence-electron chi connectivity index (χ1n) is 7.40. The summed E-state index contributed by atoms with van der Waals surface area (Å²) in [7, 11) is 0. The van der Waals surface area contributed by atoms with Gasteiger partial charge in [0.25, 0.3) is 0 Å². The molecule has 0 radical (unpaired) electrons. The Kier molecular flexibility index (Phi) is 4.02. The van der Waals surface area contributed by atoms with Crippen molar-refractivity contribution in [1.82, 2.24) is 4.90 Å². The van der Waals surface area contributed by atoms with E-state index < -0.39 is 6.04 Å². The third-order valence-corrected chi connectivity index (χ3v) is 3.89. The second-order valence-electron chi connectivity index (χ2n) is 5.57. The molecule has 0 saturated heterocycles. The maximum Gasteiger partial charge on any atom is 0.244 e. The van der Waals surface area contributed by atoms with Crippen molar-refractivity contribution in [2.75, 3.05) is 0 Å². The molecule has 1 aliphatic rings. The maximum atomic E-state index is 12.7. The van der Waals surface area contributed by atoms with Crippen LogP contribution in [0.4, 0.5) is 0 Å². The van der Waals surface area contributed by atoms with Crippen LogP contribution in [0.2, 0.25) is 0 Å². The highest BCUT2D eigenvalue weighted by Gasteiger charge is 2.35. The Labute approximate surface area is 125 Å². The van der Waals surface area contributed by atoms with E-state index >= 15 is 0 Å². The maximum absolute atomic E-state index is 12.7. The molecule has 0 bridgehead atoms. The van der Waals surface area contributed by atoms with Crippen LogP contribution in [0.3, 0.4) is 0 Å². The molecule has 0 heterocycles. The Balaban J connectivity index is 1.76. The molecule has 1 amide bonds. The first-order valence-corrected chi connectivity index (χ1v) is 7.40. The highest BCUT2D eigenvalue weighted by atomic mass is 16.2. The van der Waals surface area contributed by atoms with Gasteiger partial charge in [-0.05, 0) is 24.0 Å². The molecule has 2 aromatic rings. The van der Waals surface area contributed by atoms with E-state index in [1.807, 2.05) is 53.4 Å². The summed E-state index contributed by atoms with van der Waals surface area (Å²) in [4.78, 5) is 14.7. The molecule has 21 heavy (non-hydrogen) atoms.